The number of benzene rings is 1. The predicted molar refractivity (Wildman–Crippen MR) is 124 cm³/mol. The van der Waals surface area contributed by atoms with Gasteiger partial charge in [-0.1, -0.05) is 5.92 Å². The van der Waals surface area contributed by atoms with Gasteiger partial charge in [0.15, 0.2) is 9.84 Å². The fourth-order valence-electron chi connectivity index (χ4n) is 3.80. The molecular weight excluding hydrogens is 444 g/mol. The monoisotopic (exact) mass is 468 g/mol. The quantitative estimate of drug-likeness (QED) is 0.655. The van der Waals surface area contributed by atoms with Gasteiger partial charge in [0.2, 0.25) is 0 Å². The van der Waals surface area contributed by atoms with E-state index in [2.05, 4.69) is 21.2 Å². The number of carbonyl (C=O) groups is 1. The summed E-state index contributed by atoms with van der Waals surface area (Å²) in [6.07, 6.45) is 6.93. The number of rotatable bonds is 4. The number of amidine groups is 1. The Morgan fingerprint density at radius 2 is 2.12 bits per heavy atom. The molecule has 1 amide bonds. The van der Waals surface area contributed by atoms with Crippen LogP contribution in [0.1, 0.15) is 36.3 Å². The van der Waals surface area contributed by atoms with Crippen LogP contribution in [-0.4, -0.2) is 48.9 Å². The number of aromatic nitrogens is 1. The average Bonchev–Trinajstić information content (AvgIpc) is 2.77. The number of hydrogen-bond acceptors (Lipinski definition) is 8. The molecule has 3 heterocycles. The topological polar surface area (TPSA) is 133 Å². The number of anilines is 1. The normalized spacial score (nSPS) is 22.3. The lowest BCUT2D eigenvalue weighted by Gasteiger charge is -2.42. The molecule has 3 N–H and O–H groups in total. The number of amides is 1. The number of sulfone groups is 1. The number of nitrogens with one attached hydrogen (secondary N) is 1. The van der Waals surface area contributed by atoms with Gasteiger partial charge < -0.3 is 20.5 Å². The van der Waals surface area contributed by atoms with Crippen LogP contribution in [0.25, 0.3) is 0 Å². The zero-order valence-electron chi connectivity index (χ0n) is 18.3. The van der Waals surface area contributed by atoms with Gasteiger partial charge in [0.05, 0.1) is 18.6 Å². The molecule has 9 nitrogen and oxygen atoms in total. The Hall–Kier alpha value is -3.58. The molecule has 1 spiro atoms. The number of carbonyl (C=O) groups excluding carboxylic acids is 1. The van der Waals surface area contributed by atoms with Crippen molar-refractivity contribution >= 4 is 27.3 Å². The van der Waals surface area contributed by atoms with Gasteiger partial charge in [-0.3, -0.25) is 9.79 Å². The second kappa shape index (κ2) is 8.08. The summed E-state index contributed by atoms with van der Waals surface area (Å²) in [5.41, 5.74) is 6.25. The molecule has 1 atom stereocenters. The molecule has 0 unspecified atom stereocenters. The van der Waals surface area contributed by atoms with Gasteiger partial charge in [-0.15, -0.1) is 6.42 Å². The Bertz CT molecular complexity index is 1280. The highest BCUT2D eigenvalue weighted by molar-refractivity contribution is 7.93. The Labute approximate surface area is 192 Å². The molecule has 0 radical (unpaired) electrons. The fraction of sp³-hybridized carbons (Fsp3) is 0.348. The Morgan fingerprint density at radius 3 is 2.79 bits per heavy atom. The average molecular weight is 469 g/mol. The van der Waals surface area contributed by atoms with Crippen LogP contribution >= 0.6 is 0 Å². The van der Waals surface area contributed by atoms with Gasteiger partial charge in [-0.05, 0) is 44.2 Å². The van der Waals surface area contributed by atoms with Gasteiger partial charge in [0.25, 0.3) is 5.91 Å². The highest BCUT2D eigenvalue weighted by Gasteiger charge is 2.52. The van der Waals surface area contributed by atoms with Crippen molar-refractivity contribution in [2.75, 3.05) is 24.3 Å². The van der Waals surface area contributed by atoms with Crippen LogP contribution in [0.15, 0.2) is 41.5 Å². The fourth-order valence-corrected chi connectivity index (χ4v) is 5.52. The molecule has 10 heteroatoms. The number of hydrogen-bond donors (Lipinski definition) is 2. The molecule has 33 heavy (non-hydrogen) atoms. The van der Waals surface area contributed by atoms with Crippen LogP contribution in [0.2, 0.25) is 0 Å². The second-order valence-electron chi connectivity index (χ2n) is 8.43. The third-order valence-electron chi connectivity index (χ3n) is 5.96. The van der Waals surface area contributed by atoms with Crippen molar-refractivity contribution in [2.45, 2.75) is 30.6 Å². The van der Waals surface area contributed by atoms with Crippen molar-refractivity contribution in [3.05, 3.63) is 47.8 Å². The van der Waals surface area contributed by atoms with Gasteiger partial charge >= 0.3 is 0 Å². The number of aliphatic imine (C=N–C) groups is 1. The molecule has 4 rings (SSSR count). The van der Waals surface area contributed by atoms with Crippen LogP contribution in [-0.2, 0) is 15.4 Å². The lowest BCUT2D eigenvalue weighted by atomic mass is 9.85. The van der Waals surface area contributed by atoms with Crippen LogP contribution in [0, 0.1) is 12.3 Å². The van der Waals surface area contributed by atoms with Crippen molar-refractivity contribution in [1.82, 2.24) is 4.98 Å². The van der Waals surface area contributed by atoms with Crippen molar-refractivity contribution in [3.63, 3.8) is 0 Å². The lowest BCUT2D eigenvalue weighted by Crippen LogP contribution is -2.56. The largest absolute Gasteiger partial charge is 0.493 e. The molecule has 2 aliphatic rings. The van der Waals surface area contributed by atoms with Crippen LogP contribution in [0.3, 0.4) is 0 Å². The summed E-state index contributed by atoms with van der Waals surface area (Å²) >= 11 is 0. The SMILES string of the molecule is C#CCOc1ccc(C(=O)Nc2ccc3c(c2)[C@]2(CCO3)CS(=O)(=O)C(C)(C)C(N)=N2)nc1. The van der Waals surface area contributed by atoms with Crippen LogP contribution < -0.4 is 20.5 Å². The zero-order valence-corrected chi connectivity index (χ0v) is 19.1. The van der Waals surface area contributed by atoms with E-state index in [0.29, 0.717) is 35.8 Å². The smallest absolute Gasteiger partial charge is 0.274 e. The van der Waals surface area contributed by atoms with Crippen molar-refractivity contribution in [2.24, 2.45) is 10.7 Å². The van der Waals surface area contributed by atoms with E-state index in [-0.39, 0.29) is 23.9 Å². The van der Waals surface area contributed by atoms with Gasteiger partial charge in [-0.25, -0.2) is 13.4 Å². The maximum absolute atomic E-state index is 13.0. The number of nitrogens with zero attached hydrogens (tertiary/aromatic N) is 2. The summed E-state index contributed by atoms with van der Waals surface area (Å²) < 4.78 is 35.8. The number of nitrogens with two attached hydrogens (primary N) is 1. The first-order chi connectivity index (χ1) is 15.6. The van der Waals surface area contributed by atoms with Crippen molar-refractivity contribution in [1.29, 1.82) is 0 Å². The molecule has 2 aliphatic heterocycles. The molecule has 0 saturated carbocycles. The molecule has 1 aromatic carbocycles. The van der Waals surface area contributed by atoms with E-state index in [4.69, 9.17) is 21.6 Å². The number of terminal acetylenes is 1. The third kappa shape index (κ3) is 4.00. The molecule has 0 bridgehead atoms. The van der Waals surface area contributed by atoms with E-state index in [0.717, 1.165) is 0 Å². The molecule has 0 fully saturated rings. The summed E-state index contributed by atoms with van der Waals surface area (Å²) in [4.78, 5) is 21.4. The van der Waals surface area contributed by atoms with E-state index in [1.165, 1.54) is 12.3 Å². The molecule has 0 saturated heterocycles. The molecule has 1 aromatic heterocycles. The molecular formula is C23H24N4O5S. The summed E-state index contributed by atoms with van der Waals surface area (Å²) in [6, 6.07) is 8.16. The highest BCUT2D eigenvalue weighted by atomic mass is 32.2. The number of ether oxygens (including phenoxy) is 2. The standard InChI is InChI=1S/C23H24N4O5S/c1-4-10-31-16-6-7-18(25-13-16)20(28)26-15-5-8-19-17(12-15)23(9-11-32-19)14-33(29,30)22(2,3)21(24)27-23/h1,5-8,12-13H,9-11,14H2,2-3H3,(H2,24,27)(H,26,28)/t23-/m0/s1. The summed E-state index contributed by atoms with van der Waals surface area (Å²) in [7, 11) is -3.58. The van der Waals surface area contributed by atoms with Crippen LogP contribution in [0.4, 0.5) is 5.69 Å². The van der Waals surface area contributed by atoms with Gasteiger partial charge in [-0.2, -0.15) is 0 Å². The summed E-state index contributed by atoms with van der Waals surface area (Å²) in [5.74, 6) is 2.75. The predicted octanol–water partition coefficient (Wildman–Crippen LogP) is 1.89. The summed E-state index contributed by atoms with van der Waals surface area (Å²) in [6.45, 7) is 3.52. The number of pyridine rings is 1. The van der Waals surface area contributed by atoms with Crippen LogP contribution in [0.5, 0.6) is 11.5 Å². The lowest BCUT2D eigenvalue weighted by molar-refractivity contribution is 0.102. The third-order valence-corrected chi connectivity index (χ3v) is 8.58. The first-order valence-corrected chi connectivity index (χ1v) is 11.9. The first kappa shape index (κ1) is 22.6. The van der Waals surface area contributed by atoms with E-state index >= 15 is 0 Å². The molecule has 0 aliphatic carbocycles. The molecule has 2 aromatic rings. The maximum atomic E-state index is 13.0. The molecule has 172 valence electrons. The second-order valence-corrected chi connectivity index (χ2v) is 11.0. The minimum atomic E-state index is -3.58. The van der Waals surface area contributed by atoms with E-state index in [1.54, 1.807) is 38.1 Å². The number of fused-ring (bicyclic) bond motifs is 2. The minimum Gasteiger partial charge on any atom is -0.493 e. The zero-order chi connectivity index (χ0) is 23.9. The van der Waals surface area contributed by atoms with Crippen molar-refractivity contribution in [3.8, 4) is 23.8 Å². The van der Waals surface area contributed by atoms with E-state index in [9.17, 15) is 13.2 Å². The maximum Gasteiger partial charge on any atom is 0.274 e. The van der Waals surface area contributed by atoms with E-state index < -0.39 is 26.0 Å². The van der Waals surface area contributed by atoms with Gasteiger partial charge in [0.1, 0.15) is 39.9 Å². The minimum absolute atomic E-state index is 0.0624. The summed E-state index contributed by atoms with van der Waals surface area (Å²) in [5, 5.41) is 2.78. The Balaban J connectivity index is 1.64. The van der Waals surface area contributed by atoms with Gasteiger partial charge in [0, 0.05) is 17.7 Å². The van der Waals surface area contributed by atoms with E-state index in [1.807, 2.05) is 0 Å². The van der Waals surface area contributed by atoms with Crippen molar-refractivity contribution < 1.29 is 22.7 Å². The first-order valence-electron chi connectivity index (χ1n) is 10.3. The Morgan fingerprint density at radius 1 is 1.33 bits per heavy atom. The Kier molecular flexibility index (Phi) is 5.54. The highest BCUT2D eigenvalue weighted by Crippen LogP contribution is 2.46.